The number of carbonyl (C=O) groups excluding carboxylic acids is 1. The van der Waals surface area contributed by atoms with E-state index in [0.29, 0.717) is 31.2 Å². The molecule has 1 saturated carbocycles. The van der Waals surface area contributed by atoms with Gasteiger partial charge in [0.1, 0.15) is 5.69 Å². The number of anilines is 1. The van der Waals surface area contributed by atoms with Crippen molar-refractivity contribution in [2.45, 2.75) is 51.5 Å². The molecule has 0 unspecified atom stereocenters. The highest BCUT2D eigenvalue weighted by Gasteiger charge is 2.45. The Balaban J connectivity index is 0.000000274. The van der Waals surface area contributed by atoms with Crippen LogP contribution in [0.4, 0.5) is 14.5 Å². The first-order valence-corrected chi connectivity index (χ1v) is 9.89. The summed E-state index contributed by atoms with van der Waals surface area (Å²) in [6.07, 6.45) is 2.57. The molecule has 8 nitrogen and oxygen atoms in total. The van der Waals surface area contributed by atoms with Gasteiger partial charge in [-0.15, -0.1) is 0 Å². The minimum absolute atomic E-state index is 0.0788. The number of pyridine rings is 1. The Kier molecular flexibility index (Phi) is 7.57. The van der Waals surface area contributed by atoms with E-state index in [4.69, 9.17) is 15.6 Å². The molecule has 1 amide bonds. The summed E-state index contributed by atoms with van der Waals surface area (Å²) in [6, 6.07) is 2.78. The van der Waals surface area contributed by atoms with Crippen LogP contribution in [0.2, 0.25) is 0 Å². The molecule has 1 aromatic heterocycles. The summed E-state index contributed by atoms with van der Waals surface area (Å²) < 4.78 is 31.4. The smallest absolute Gasteiger partial charge is 0.354 e. The lowest BCUT2D eigenvalue weighted by Gasteiger charge is -2.40. The lowest BCUT2D eigenvalue weighted by molar-refractivity contribution is -0.117. The number of halogens is 2. The molecule has 0 bridgehead atoms. The van der Waals surface area contributed by atoms with Gasteiger partial charge in [0.15, 0.2) is 5.69 Å². The zero-order valence-corrected chi connectivity index (χ0v) is 17.6. The third-order valence-electron chi connectivity index (χ3n) is 4.42. The molecular formula is C20H30F2N4O4. The van der Waals surface area contributed by atoms with Crippen LogP contribution in [0.1, 0.15) is 50.5 Å². The van der Waals surface area contributed by atoms with Gasteiger partial charge in [-0.3, -0.25) is 4.79 Å². The maximum Gasteiger partial charge on any atom is 0.354 e. The van der Waals surface area contributed by atoms with Crippen LogP contribution in [0.3, 0.4) is 0 Å². The molecule has 0 atom stereocenters. The fraction of sp³-hybridized carbons (Fsp3) is 0.650. The number of nitrogens with two attached hydrogens (primary N) is 1. The predicted molar refractivity (Wildman–Crippen MR) is 108 cm³/mol. The van der Waals surface area contributed by atoms with E-state index in [-0.39, 0.29) is 36.1 Å². The van der Waals surface area contributed by atoms with E-state index in [1.165, 1.54) is 17.0 Å². The zero-order valence-electron chi connectivity index (χ0n) is 17.6. The Morgan fingerprint density at radius 2 is 1.97 bits per heavy atom. The van der Waals surface area contributed by atoms with Crippen molar-refractivity contribution in [3.63, 3.8) is 0 Å². The maximum atomic E-state index is 12.9. The molecule has 10 heteroatoms. The van der Waals surface area contributed by atoms with Gasteiger partial charge in [0.2, 0.25) is 11.8 Å². The monoisotopic (exact) mass is 428 g/mol. The Morgan fingerprint density at radius 1 is 1.33 bits per heavy atom. The maximum absolute atomic E-state index is 12.9. The lowest BCUT2D eigenvalue weighted by atomic mass is 10.1. The normalized spacial score (nSPS) is 17.4. The number of amides is 1. The second kappa shape index (κ2) is 9.55. The minimum Gasteiger partial charge on any atom is -0.477 e. The van der Waals surface area contributed by atoms with E-state index >= 15 is 0 Å². The Labute approximate surface area is 174 Å². The molecule has 168 valence electrons. The van der Waals surface area contributed by atoms with Crippen molar-refractivity contribution < 1.29 is 28.2 Å². The highest BCUT2D eigenvalue weighted by molar-refractivity contribution is 5.86. The number of ether oxygens (including phenoxy) is 1. The molecule has 1 aliphatic heterocycles. The van der Waals surface area contributed by atoms with Gasteiger partial charge in [-0.2, -0.15) is 0 Å². The number of carboxylic acid groups (broad SMARTS) is 1. The zero-order chi connectivity index (χ0) is 22.5. The molecule has 1 saturated heterocycles. The van der Waals surface area contributed by atoms with Crippen molar-refractivity contribution in [1.29, 1.82) is 0 Å². The number of nitrogens with one attached hydrogen (secondary N) is 1. The Morgan fingerprint density at radius 3 is 2.43 bits per heavy atom. The number of nitrogens with zero attached hydrogens (tertiary/aromatic N) is 2. The number of aromatic nitrogens is 1. The van der Waals surface area contributed by atoms with E-state index in [1.807, 2.05) is 20.8 Å². The number of rotatable bonds is 8. The molecule has 3 rings (SSSR count). The Hall–Kier alpha value is -2.49. The molecule has 4 N–H and O–H groups in total. The number of primary amides is 1. The van der Waals surface area contributed by atoms with Gasteiger partial charge in [-0.25, -0.2) is 18.6 Å². The van der Waals surface area contributed by atoms with Crippen LogP contribution < -0.4 is 20.7 Å². The van der Waals surface area contributed by atoms with E-state index in [1.54, 1.807) is 0 Å². The Bertz CT molecular complexity index is 756. The number of aromatic carboxylic acids is 1. The first-order chi connectivity index (χ1) is 13.9. The molecule has 0 aromatic carbocycles. The van der Waals surface area contributed by atoms with Crippen molar-refractivity contribution in [2.24, 2.45) is 11.7 Å². The molecule has 1 aliphatic carbocycles. The van der Waals surface area contributed by atoms with E-state index in [2.05, 4.69) is 10.3 Å². The van der Waals surface area contributed by atoms with Crippen LogP contribution in [-0.2, 0) is 4.79 Å². The predicted octanol–water partition coefficient (Wildman–Crippen LogP) is 2.27. The highest BCUT2D eigenvalue weighted by atomic mass is 19.3. The van der Waals surface area contributed by atoms with Gasteiger partial charge in [0, 0.05) is 18.5 Å². The average molecular weight is 428 g/mol. The van der Waals surface area contributed by atoms with E-state index < -0.39 is 11.9 Å². The third-order valence-corrected chi connectivity index (χ3v) is 4.42. The van der Waals surface area contributed by atoms with Crippen molar-refractivity contribution >= 4 is 17.6 Å². The second-order valence-corrected chi connectivity index (χ2v) is 8.69. The SMILES string of the molecule is CC(C)(C)NCCC(N)=O.O=C(O)c1ccc(N2CC(F)(F)C2)c(OCC2CC2)n1. The molecule has 1 aromatic rings. The van der Waals surface area contributed by atoms with Crippen molar-refractivity contribution in [3.8, 4) is 5.88 Å². The summed E-state index contributed by atoms with van der Waals surface area (Å²) in [6.45, 7) is 6.49. The minimum atomic E-state index is -2.70. The van der Waals surface area contributed by atoms with Gasteiger partial charge in [-0.1, -0.05) is 0 Å². The standard InChI is InChI=1S/C13H14F2N2O3.C7H16N2O/c14-13(15)6-17(7-13)10-4-3-9(12(18)19)16-11(10)20-5-8-1-2-8;1-7(2,3)9-5-4-6(8)10/h3-4,8H,1-2,5-7H2,(H,18,19);9H,4-5H2,1-3H3,(H2,8,10). The summed E-state index contributed by atoms with van der Waals surface area (Å²) in [7, 11) is 0. The van der Waals surface area contributed by atoms with Gasteiger partial charge in [0.05, 0.1) is 19.7 Å². The van der Waals surface area contributed by atoms with Gasteiger partial charge in [0.25, 0.3) is 5.92 Å². The quantitative estimate of drug-likeness (QED) is 0.581. The average Bonchev–Trinajstić information content (AvgIpc) is 3.41. The van der Waals surface area contributed by atoms with Crippen LogP contribution in [0, 0.1) is 5.92 Å². The molecule has 2 heterocycles. The number of hydrogen-bond donors (Lipinski definition) is 3. The number of carbonyl (C=O) groups is 2. The second-order valence-electron chi connectivity index (χ2n) is 8.69. The van der Waals surface area contributed by atoms with E-state index in [0.717, 1.165) is 12.8 Å². The third kappa shape index (κ3) is 8.10. The molecule has 2 aliphatic rings. The summed E-state index contributed by atoms with van der Waals surface area (Å²) in [4.78, 5) is 26.5. The van der Waals surface area contributed by atoms with Crippen LogP contribution >= 0.6 is 0 Å². The number of carboxylic acids is 1. The lowest BCUT2D eigenvalue weighted by Crippen LogP contribution is -2.56. The van der Waals surface area contributed by atoms with Crippen molar-refractivity contribution in [1.82, 2.24) is 10.3 Å². The van der Waals surface area contributed by atoms with Gasteiger partial charge < -0.3 is 25.8 Å². The van der Waals surface area contributed by atoms with E-state index in [9.17, 15) is 18.4 Å². The van der Waals surface area contributed by atoms with Crippen LogP contribution in [0.5, 0.6) is 5.88 Å². The fourth-order valence-electron chi connectivity index (χ4n) is 2.62. The molecule has 2 fully saturated rings. The summed E-state index contributed by atoms with van der Waals surface area (Å²) in [5, 5.41) is 12.1. The number of alkyl halides is 2. The molecular weight excluding hydrogens is 398 g/mol. The van der Waals surface area contributed by atoms with Gasteiger partial charge in [-0.05, 0) is 51.7 Å². The molecule has 0 spiro atoms. The van der Waals surface area contributed by atoms with Crippen LogP contribution in [-0.4, -0.2) is 59.7 Å². The van der Waals surface area contributed by atoms with Crippen molar-refractivity contribution in [3.05, 3.63) is 17.8 Å². The van der Waals surface area contributed by atoms with Crippen LogP contribution in [0.25, 0.3) is 0 Å². The summed E-state index contributed by atoms with van der Waals surface area (Å²) in [5.74, 6) is -3.51. The molecule has 0 radical (unpaired) electrons. The fourth-order valence-corrected chi connectivity index (χ4v) is 2.62. The van der Waals surface area contributed by atoms with Crippen LogP contribution in [0.15, 0.2) is 12.1 Å². The number of hydrogen-bond acceptors (Lipinski definition) is 6. The summed E-state index contributed by atoms with van der Waals surface area (Å²) >= 11 is 0. The highest BCUT2D eigenvalue weighted by Crippen LogP contribution is 2.37. The first kappa shape index (κ1) is 23.8. The first-order valence-electron chi connectivity index (χ1n) is 9.89. The largest absolute Gasteiger partial charge is 0.477 e. The van der Waals surface area contributed by atoms with Gasteiger partial charge >= 0.3 is 5.97 Å². The topological polar surface area (TPSA) is 118 Å². The molecule has 30 heavy (non-hydrogen) atoms. The summed E-state index contributed by atoms with van der Waals surface area (Å²) in [5.41, 5.74) is 5.31. The van der Waals surface area contributed by atoms with Crippen molar-refractivity contribution in [2.75, 3.05) is 31.1 Å².